The highest BCUT2D eigenvalue weighted by Crippen LogP contribution is 2.24. The molecule has 0 bridgehead atoms. The zero-order valence-corrected chi connectivity index (χ0v) is 17.0. The van der Waals surface area contributed by atoms with Crippen LogP contribution < -0.4 is 5.32 Å². The Labute approximate surface area is 174 Å². The smallest absolute Gasteiger partial charge is 0.258 e. The number of aromatic nitrogens is 4. The minimum Gasteiger partial charge on any atom is -0.302 e. The molecule has 2 aromatic carbocycles. The molecule has 0 radical (unpaired) electrons. The van der Waals surface area contributed by atoms with Crippen LogP contribution in [0.3, 0.4) is 0 Å². The molecular weight excluding hydrogens is 376 g/mol. The average Bonchev–Trinajstić information content (AvgIpc) is 3.19. The number of likely N-dealkylation sites (N-methyl/N-ethyl adjacent to an activating group) is 1. The van der Waals surface area contributed by atoms with Crippen LogP contribution in [0.5, 0.6) is 0 Å². The summed E-state index contributed by atoms with van der Waals surface area (Å²) < 4.78 is 1.77. The molecule has 4 aromatic rings. The van der Waals surface area contributed by atoms with E-state index < -0.39 is 0 Å². The molecule has 1 aliphatic rings. The third kappa shape index (κ3) is 3.55. The summed E-state index contributed by atoms with van der Waals surface area (Å²) in [6, 6.07) is 11.9. The summed E-state index contributed by atoms with van der Waals surface area (Å²) in [5.41, 5.74) is 5.96. The molecule has 0 saturated carbocycles. The first-order valence-corrected chi connectivity index (χ1v) is 9.93. The van der Waals surface area contributed by atoms with E-state index in [1.54, 1.807) is 10.9 Å². The molecule has 0 atom stereocenters. The Bertz CT molecular complexity index is 1260. The van der Waals surface area contributed by atoms with E-state index in [9.17, 15) is 4.79 Å². The van der Waals surface area contributed by atoms with Gasteiger partial charge < -0.3 is 4.90 Å². The zero-order valence-electron chi connectivity index (χ0n) is 17.0. The number of nitrogens with one attached hydrogen (secondary N) is 1. The fraction of sp³-hybridized carbons (Fsp3) is 0.217. The van der Waals surface area contributed by atoms with Gasteiger partial charge in [-0.05, 0) is 48.4 Å². The van der Waals surface area contributed by atoms with Gasteiger partial charge in [0.15, 0.2) is 0 Å². The van der Waals surface area contributed by atoms with E-state index >= 15 is 0 Å². The van der Waals surface area contributed by atoms with E-state index in [1.165, 1.54) is 11.1 Å². The molecule has 0 spiro atoms. The minimum absolute atomic E-state index is 0.195. The Kier molecular flexibility index (Phi) is 4.52. The highest BCUT2D eigenvalue weighted by Gasteiger charge is 2.16. The van der Waals surface area contributed by atoms with Crippen molar-refractivity contribution < 1.29 is 4.79 Å². The molecule has 0 unspecified atom stereocenters. The molecule has 3 heterocycles. The number of aryl methyl sites for hydroxylation is 1. The van der Waals surface area contributed by atoms with Gasteiger partial charge in [0.05, 0.1) is 11.7 Å². The number of amides is 1. The van der Waals surface area contributed by atoms with Gasteiger partial charge in [0, 0.05) is 49.0 Å². The van der Waals surface area contributed by atoms with Crippen molar-refractivity contribution in [3.8, 4) is 11.1 Å². The molecule has 1 aliphatic heterocycles. The van der Waals surface area contributed by atoms with E-state index in [-0.39, 0.29) is 5.91 Å². The third-order valence-corrected chi connectivity index (χ3v) is 5.52. The summed E-state index contributed by atoms with van der Waals surface area (Å²) in [5, 5.41) is 7.98. The second-order valence-electron chi connectivity index (χ2n) is 7.80. The fourth-order valence-corrected chi connectivity index (χ4v) is 3.84. The lowest BCUT2D eigenvalue weighted by molar-refractivity contribution is 0.102. The number of hydrogen-bond donors (Lipinski definition) is 1. The van der Waals surface area contributed by atoms with Crippen molar-refractivity contribution in [3.63, 3.8) is 0 Å². The normalized spacial score (nSPS) is 13.9. The molecule has 150 valence electrons. The molecule has 5 rings (SSSR count). The minimum atomic E-state index is -0.195. The van der Waals surface area contributed by atoms with Crippen LogP contribution in [0.1, 0.15) is 21.5 Å². The van der Waals surface area contributed by atoms with Crippen LogP contribution in [0, 0.1) is 0 Å². The Morgan fingerprint density at radius 3 is 2.77 bits per heavy atom. The lowest BCUT2D eigenvalue weighted by atomic mass is 9.97. The molecule has 0 aliphatic carbocycles. The lowest BCUT2D eigenvalue weighted by Crippen LogP contribution is -2.27. The van der Waals surface area contributed by atoms with E-state index in [2.05, 4.69) is 32.3 Å². The highest BCUT2D eigenvalue weighted by atomic mass is 16.1. The van der Waals surface area contributed by atoms with E-state index in [0.29, 0.717) is 11.5 Å². The van der Waals surface area contributed by atoms with Crippen LogP contribution in [0.25, 0.3) is 22.0 Å². The molecule has 0 fully saturated rings. The second kappa shape index (κ2) is 7.35. The number of carbonyl (C=O) groups is 1. The summed E-state index contributed by atoms with van der Waals surface area (Å²) in [5.74, 6) is 0.104. The maximum atomic E-state index is 12.8. The van der Waals surface area contributed by atoms with Gasteiger partial charge in [-0.3, -0.25) is 14.8 Å². The maximum absolute atomic E-state index is 12.8. The monoisotopic (exact) mass is 398 g/mol. The van der Waals surface area contributed by atoms with Gasteiger partial charge in [0.2, 0.25) is 5.95 Å². The van der Waals surface area contributed by atoms with Gasteiger partial charge in [0.25, 0.3) is 5.91 Å². The molecule has 1 N–H and O–H groups in total. The van der Waals surface area contributed by atoms with Gasteiger partial charge in [0.1, 0.15) is 0 Å². The van der Waals surface area contributed by atoms with Crippen molar-refractivity contribution in [3.05, 3.63) is 71.7 Å². The molecule has 7 nitrogen and oxygen atoms in total. The second-order valence-corrected chi connectivity index (χ2v) is 7.80. The molecule has 30 heavy (non-hydrogen) atoms. The van der Waals surface area contributed by atoms with Crippen LogP contribution in [-0.4, -0.2) is 44.1 Å². The number of rotatable bonds is 3. The van der Waals surface area contributed by atoms with Gasteiger partial charge in [-0.25, -0.2) is 9.97 Å². The van der Waals surface area contributed by atoms with Crippen LogP contribution in [0.2, 0.25) is 0 Å². The first-order valence-electron chi connectivity index (χ1n) is 9.93. The fourth-order valence-electron chi connectivity index (χ4n) is 3.84. The van der Waals surface area contributed by atoms with Crippen LogP contribution in [0.15, 0.2) is 55.0 Å². The largest absolute Gasteiger partial charge is 0.302 e. The van der Waals surface area contributed by atoms with Gasteiger partial charge >= 0.3 is 0 Å². The number of anilines is 1. The van der Waals surface area contributed by atoms with E-state index in [1.807, 2.05) is 55.8 Å². The Morgan fingerprint density at radius 1 is 1.03 bits per heavy atom. The van der Waals surface area contributed by atoms with Crippen molar-refractivity contribution in [2.75, 3.05) is 18.9 Å². The SMILES string of the molecule is CN1CCc2cc(C(=O)Nc3ncc4ccc(-c5cnn(C)c5)cc4n3)ccc2C1. The van der Waals surface area contributed by atoms with Crippen LogP contribution in [-0.2, 0) is 20.0 Å². The molecule has 7 heteroatoms. The summed E-state index contributed by atoms with van der Waals surface area (Å²) in [6.07, 6.45) is 6.46. The lowest BCUT2D eigenvalue weighted by Gasteiger charge is -2.25. The van der Waals surface area contributed by atoms with Gasteiger partial charge in [-0.2, -0.15) is 5.10 Å². The standard InChI is InChI=1S/C23H22N6O/c1-28-8-7-16-9-17(4-6-19(16)13-28)22(30)27-23-24-11-18-5-3-15(10-21(18)26-23)20-12-25-29(2)14-20/h3-6,9-12,14H,7-8,13H2,1-2H3,(H,24,26,27,30). The maximum Gasteiger partial charge on any atom is 0.258 e. The highest BCUT2D eigenvalue weighted by molar-refractivity contribution is 6.03. The third-order valence-electron chi connectivity index (χ3n) is 5.52. The molecule has 0 saturated heterocycles. The topological polar surface area (TPSA) is 75.9 Å². The van der Waals surface area contributed by atoms with Crippen molar-refractivity contribution >= 4 is 22.8 Å². The number of nitrogens with zero attached hydrogens (tertiary/aromatic N) is 5. The molecule has 1 amide bonds. The van der Waals surface area contributed by atoms with E-state index in [0.717, 1.165) is 41.5 Å². The van der Waals surface area contributed by atoms with Gasteiger partial charge in [-0.1, -0.05) is 18.2 Å². The Hall–Kier alpha value is -3.58. The first-order chi connectivity index (χ1) is 14.5. The van der Waals surface area contributed by atoms with Crippen LogP contribution >= 0.6 is 0 Å². The van der Waals surface area contributed by atoms with Gasteiger partial charge in [-0.15, -0.1) is 0 Å². The number of carbonyl (C=O) groups excluding carboxylic acids is 1. The number of benzene rings is 2. The van der Waals surface area contributed by atoms with Crippen molar-refractivity contribution in [1.82, 2.24) is 24.6 Å². The number of hydrogen-bond acceptors (Lipinski definition) is 5. The average molecular weight is 398 g/mol. The van der Waals surface area contributed by atoms with Crippen molar-refractivity contribution in [1.29, 1.82) is 0 Å². The molecule has 2 aromatic heterocycles. The van der Waals surface area contributed by atoms with Crippen LogP contribution in [0.4, 0.5) is 5.95 Å². The molecular formula is C23H22N6O. The first kappa shape index (κ1) is 18.4. The van der Waals surface area contributed by atoms with Crippen molar-refractivity contribution in [2.45, 2.75) is 13.0 Å². The summed E-state index contributed by atoms with van der Waals surface area (Å²) >= 11 is 0. The zero-order chi connectivity index (χ0) is 20.7. The predicted molar refractivity (Wildman–Crippen MR) is 116 cm³/mol. The summed E-state index contributed by atoms with van der Waals surface area (Å²) in [4.78, 5) is 23.9. The predicted octanol–water partition coefficient (Wildman–Crippen LogP) is 3.27. The Morgan fingerprint density at radius 2 is 1.93 bits per heavy atom. The van der Waals surface area contributed by atoms with Crippen molar-refractivity contribution in [2.24, 2.45) is 7.05 Å². The quantitative estimate of drug-likeness (QED) is 0.573. The summed E-state index contributed by atoms with van der Waals surface area (Å²) in [7, 11) is 4.00. The Balaban J connectivity index is 1.40. The number of fused-ring (bicyclic) bond motifs is 2. The van der Waals surface area contributed by atoms with E-state index in [4.69, 9.17) is 0 Å². The summed E-state index contributed by atoms with van der Waals surface area (Å²) in [6.45, 7) is 1.93.